The minimum absolute atomic E-state index is 0.00655. The lowest BCUT2D eigenvalue weighted by Gasteiger charge is -2.29. The number of nitrogens with one attached hydrogen (secondary N) is 1. The number of likely N-dealkylation sites (tertiary alicyclic amines) is 1. The zero-order valence-corrected chi connectivity index (χ0v) is 17.5. The van der Waals surface area contributed by atoms with Gasteiger partial charge < -0.3 is 19.4 Å². The van der Waals surface area contributed by atoms with Crippen LogP contribution in [0.2, 0.25) is 0 Å². The number of nitrogens with zero attached hydrogens (tertiary/aromatic N) is 3. The van der Waals surface area contributed by atoms with Gasteiger partial charge in [0.15, 0.2) is 6.61 Å². The SMILES string of the molecule is Cc1ccc(OCC(=O)NC[C@H]2[C@H]3CN(CCn4ccnc4)C[C@]34CC[C@H]2O4)cc1. The van der Waals surface area contributed by atoms with Crippen LogP contribution in [0.4, 0.5) is 0 Å². The molecule has 7 heteroatoms. The highest BCUT2D eigenvalue weighted by atomic mass is 16.5. The van der Waals surface area contributed by atoms with Crippen molar-refractivity contribution in [2.75, 3.05) is 32.8 Å². The molecule has 3 saturated heterocycles. The number of rotatable bonds is 8. The van der Waals surface area contributed by atoms with Crippen LogP contribution in [0.25, 0.3) is 0 Å². The molecule has 30 heavy (non-hydrogen) atoms. The molecule has 0 aliphatic carbocycles. The van der Waals surface area contributed by atoms with Crippen LogP contribution in [0.15, 0.2) is 43.0 Å². The zero-order chi connectivity index (χ0) is 20.6. The molecule has 5 rings (SSSR count). The number of carbonyl (C=O) groups is 1. The molecule has 160 valence electrons. The molecule has 4 heterocycles. The lowest BCUT2D eigenvalue weighted by Crippen LogP contribution is -2.42. The van der Waals surface area contributed by atoms with E-state index in [1.807, 2.05) is 49.9 Å². The fourth-order valence-electron chi connectivity index (χ4n) is 5.47. The first kappa shape index (κ1) is 19.6. The number of amides is 1. The lowest BCUT2D eigenvalue weighted by atomic mass is 9.73. The summed E-state index contributed by atoms with van der Waals surface area (Å²) in [5, 5.41) is 3.09. The number of ether oxygens (including phenoxy) is 2. The highest BCUT2D eigenvalue weighted by Gasteiger charge is 2.62. The molecular formula is C23H30N4O3. The van der Waals surface area contributed by atoms with Crippen molar-refractivity contribution in [3.05, 3.63) is 48.5 Å². The molecule has 1 aromatic carbocycles. The van der Waals surface area contributed by atoms with Crippen molar-refractivity contribution in [2.24, 2.45) is 11.8 Å². The Kier molecular flexibility index (Phi) is 5.25. The Bertz CT molecular complexity index is 869. The summed E-state index contributed by atoms with van der Waals surface area (Å²) in [4.78, 5) is 19.0. The topological polar surface area (TPSA) is 68.6 Å². The quantitative estimate of drug-likeness (QED) is 0.720. The summed E-state index contributed by atoms with van der Waals surface area (Å²) in [5.74, 6) is 1.54. The molecular weight excluding hydrogens is 380 g/mol. The van der Waals surface area contributed by atoms with Gasteiger partial charge in [0.25, 0.3) is 5.91 Å². The monoisotopic (exact) mass is 410 g/mol. The minimum atomic E-state index is -0.0673. The molecule has 0 unspecified atom stereocenters. The van der Waals surface area contributed by atoms with Gasteiger partial charge in [0, 0.05) is 57.0 Å². The van der Waals surface area contributed by atoms with E-state index in [1.54, 1.807) is 0 Å². The van der Waals surface area contributed by atoms with Crippen molar-refractivity contribution in [1.29, 1.82) is 0 Å². The number of hydrogen-bond donors (Lipinski definition) is 1. The Hall–Kier alpha value is -2.38. The maximum absolute atomic E-state index is 12.3. The third-order valence-corrected chi connectivity index (χ3v) is 7.01. The van der Waals surface area contributed by atoms with Crippen LogP contribution >= 0.6 is 0 Å². The standard InChI is InChI=1S/C23H30N4O3/c1-17-2-4-18(5-3-17)29-14-22(28)25-12-19-20-13-27(11-10-26-9-8-24-16-26)15-23(20)7-6-21(19)30-23/h2-5,8-9,16,19-21H,6-7,10-15H2,1H3,(H,25,28)/t19-,20+,21+,23+/m0/s1. The van der Waals surface area contributed by atoms with Crippen LogP contribution in [0.1, 0.15) is 18.4 Å². The summed E-state index contributed by atoms with van der Waals surface area (Å²) in [6.07, 6.45) is 8.23. The summed E-state index contributed by atoms with van der Waals surface area (Å²) in [6.45, 7) is 6.75. The first-order chi connectivity index (χ1) is 14.6. The van der Waals surface area contributed by atoms with Crippen LogP contribution in [0.5, 0.6) is 5.75 Å². The molecule has 3 fully saturated rings. The van der Waals surface area contributed by atoms with Gasteiger partial charge in [-0.1, -0.05) is 17.7 Å². The number of hydrogen-bond acceptors (Lipinski definition) is 5. The fourth-order valence-corrected chi connectivity index (χ4v) is 5.47. The summed E-state index contributed by atoms with van der Waals surface area (Å²) in [6, 6.07) is 7.76. The van der Waals surface area contributed by atoms with E-state index in [0.29, 0.717) is 18.4 Å². The van der Waals surface area contributed by atoms with Crippen LogP contribution in [0.3, 0.4) is 0 Å². The molecule has 1 amide bonds. The Balaban J connectivity index is 1.12. The average molecular weight is 411 g/mol. The third kappa shape index (κ3) is 3.84. The van der Waals surface area contributed by atoms with Crippen molar-refractivity contribution in [3.8, 4) is 5.75 Å². The van der Waals surface area contributed by atoms with E-state index in [4.69, 9.17) is 9.47 Å². The minimum Gasteiger partial charge on any atom is -0.484 e. The Morgan fingerprint density at radius 2 is 2.20 bits per heavy atom. The number of aryl methyl sites for hydroxylation is 1. The molecule has 1 aromatic heterocycles. The van der Waals surface area contributed by atoms with E-state index >= 15 is 0 Å². The van der Waals surface area contributed by atoms with E-state index in [1.165, 1.54) is 5.56 Å². The van der Waals surface area contributed by atoms with Gasteiger partial charge in [-0.2, -0.15) is 0 Å². The predicted octanol–water partition coefficient (Wildman–Crippen LogP) is 1.87. The van der Waals surface area contributed by atoms with Crippen LogP contribution in [-0.4, -0.2) is 64.8 Å². The first-order valence-electron chi connectivity index (χ1n) is 10.9. The Morgan fingerprint density at radius 3 is 3.00 bits per heavy atom. The second-order valence-electron chi connectivity index (χ2n) is 8.97. The smallest absolute Gasteiger partial charge is 0.257 e. The van der Waals surface area contributed by atoms with E-state index in [2.05, 4.69) is 19.8 Å². The van der Waals surface area contributed by atoms with Crippen molar-refractivity contribution in [3.63, 3.8) is 0 Å². The van der Waals surface area contributed by atoms with Crippen molar-refractivity contribution < 1.29 is 14.3 Å². The normalized spacial score (nSPS) is 29.8. The summed E-state index contributed by atoms with van der Waals surface area (Å²) in [5.41, 5.74) is 1.17. The third-order valence-electron chi connectivity index (χ3n) is 7.01. The van der Waals surface area contributed by atoms with E-state index < -0.39 is 0 Å². The number of carbonyl (C=O) groups excluding carboxylic acids is 1. The van der Waals surface area contributed by atoms with E-state index in [0.717, 1.165) is 44.8 Å². The van der Waals surface area contributed by atoms with Gasteiger partial charge in [-0.25, -0.2) is 4.98 Å². The van der Waals surface area contributed by atoms with Gasteiger partial charge in [0.05, 0.1) is 18.0 Å². The molecule has 0 radical (unpaired) electrons. The average Bonchev–Trinajstić information content (AvgIpc) is 3.51. The van der Waals surface area contributed by atoms with Gasteiger partial charge in [-0.3, -0.25) is 9.69 Å². The predicted molar refractivity (Wildman–Crippen MR) is 112 cm³/mol. The lowest BCUT2D eigenvalue weighted by molar-refractivity contribution is -0.123. The molecule has 2 bridgehead atoms. The summed E-state index contributed by atoms with van der Waals surface area (Å²) < 4.78 is 14.2. The van der Waals surface area contributed by atoms with Gasteiger partial charge >= 0.3 is 0 Å². The fraction of sp³-hybridized carbons (Fsp3) is 0.565. The van der Waals surface area contributed by atoms with Crippen LogP contribution < -0.4 is 10.1 Å². The van der Waals surface area contributed by atoms with Crippen molar-refractivity contribution in [1.82, 2.24) is 19.8 Å². The molecule has 0 saturated carbocycles. The molecule has 7 nitrogen and oxygen atoms in total. The zero-order valence-electron chi connectivity index (χ0n) is 17.5. The molecule has 4 atom stereocenters. The Labute approximate surface area is 177 Å². The van der Waals surface area contributed by atoms with Crippen LogP contribution in [-0.2, 0) is 16.1 Å². The molecule has 2 aromatic rings. The number of aromatic nitrogens is 2. The van der Waals surface area contributed by atoms with E-state index in [-0.39, 0.29) is 24.2 Å². The number of benzene rings is 1. The summed E-state index contributed by atoms with van der Waals surface area (Å²) in [7, 11) is 0. The summed E-state index contributed by atoms with van der Waals surface area (Å²) >= 11 is 0. The maximum Gasteiger partial charge on any atom is 0.257 e. The number of imidazole rings is 1. The second kappa shape index (κ2) is 8.04. The molecule has 1 N–H and O–H groups in total. The molecule has 3 aliphatic rings. The van der Waals surface area contributed by atoms with E-state index in [9.17, 15) is 4.79 Å². The van der Waals surface area contributed by atoms with Gasteiger partial charge in [-0.05, 0) is 31.9 Å². The second-order valence-corrected chi connectivity index (χ2v) is 8.97. The van der Waals surface area contributed by atoms with Gasteiger partial charge in [0.1, 0.15) is 5.75 Å². The van der Waals surface area contributed by atoms with Gasteiger partial charge in [-0.15, -0.1) is 0 Å². The maximum atomic E-state index is 12.3. The Morgan fingerprint density at radius 1 is 1.33 bits per heavy atom. The van der Waals surface area contributed by atoms with Crippen LogP contribution in [0, 0.1) is 18.8 Å². The van der Waals surface area contributed by atoms with Crippen molar-refractivity contribution in [2.45, 2.75) is 38.0 Å². The van der Waals surface area contributed by atoms with Crippen molar-refractivity contribution >= 4 is 5.91 Å². The molecule has 1 spiro atoms. The highest BCUT2D eigenvalue weighted by Crippen LogP contribution is 2.54. The first-order valence-corrected chi connectivity index (χ1v) is 10.9. The molecule has 3 aliphatic heterocycles. The highest BCUT2D eigenvalue weighted by molar-refractivity contribution is 5.77. The largest absolute Gasteiger partial charge is 0.484 e. The number of fused-ring (bicyclic) bond motifs is 1. The van der Waals surface area contributed by atoms with Gasteiger partial charge in [0.2, 0.25) is 0 Å².